The topological polar surface area (TPSA) is 68.3 Å². The minimum Gasteiger partial charge on any atom is -0.497 e. The van der Waals surface area contributed by atoms with E-state index in [0.29, 0.717) is 17.0 Å². The van der Waals surface area contributed by atoms with E-state index in [1.165, 1.54) is 0 Å². The monoisotopic (exact) mass is 340 g/mol. The van der Waals surface area contributed by atoms with E-state index in [-0.39, 0.29) is 4.90 Å². The Morgan fingerprint density at radius 1 is 1.00 bits per heavy atom. The lowest BCUT2D eigenvalue weighted by molar-refractivity contribution is 0.415. The molecule has 0 amide bonds. The zero-order valence-corrected chi connectivity index (χ0v) is 13.8. The maximum atomic E-state index is 12.6. The summed E-state index contributed by atoms with van der Waals surface area (Å²) in [6.45, 7) is 0. The molecule has 5 nitrogen and oxygen atoms in total. The molecule has 0 aliphatic carbocycles. The van der Waals surface area contributed by atoms with E-state index >= 15 is 0 Å². The molecular weight excluding hydrogens is 324 g/mol. The van der Waals surface area contributed by atoms with Gasteiger partial charge in [0, 0.05) is 18.0 Å². The predicted molar refractivity (Wildman–Crippen MR) is 93.5 cm³/mol. The highest BCUT2D eigenvalue weighted by atomic mass is 32.2. The number of hydrogen-bond donors (Lipinski definition) is 1. The molecule has 0 unspecified atom stereocenters. The lowest BCUT2D eigenvalue weighted by Gasteiger charge is -2.13. The first-order valence-corrected chi connectivity index (χ1v) is 8.75. The molecule has 0 radical (unpaired) electrons. The number of benzene rings is 2. The molecule has 2 aromatic carbocycles. The molecule has 0 aliphatic heterocycles. The number of methoxy groups -OCH3 is 1. The molecule has 0 bridgehead atoms. The number of nitrogens with one attached hydrogen (secondary N) is 1. The summed E-state index contributed by atoms with van der Waals surface area (Å²) in [5.41, 5.74) is 1.95. The minimum atomic E-state index is -3.67. The molecule has 1 aromatic heterocycles. The van der Waals surface area contributed by atoms with Crippen molar-refractivity contribution in [3.8, 4) is 16.9 Å². The van der Waals surface area contributed by atoms with Gasteiger partial charge in [0.2, 0.25) is 0 Å². The highest BCUT2D eigenvalue weighted by Crippen LogP contribution is 2.30. The quantitative estimate of drug-likeness (QED) is 0.771. The number of anilines is 1. The molecule has 6 heteroatoms. The van der Waals surface area contributed by atoms with Crippen LogP contribution in [0, 0.1) is 0 Å². The molecule has 1 heterocycles. The summed E-state index contributed by atoms with van der Waals surface area (Å²) in [7, 11) is -2.08. The number of sulfonamides is 1. The van der Waals surface area contributed by atoms with Crippen molar-refractivity contribution in [2.45, 2.75) is 4.90 Å². The number of ether oxygens (including phenoxy) is 1. The third-order valence-electron chi connectivity index (χ3n) is 3.50. The van der Waals surface area contributed by atoms with Crippen LogP contribution < -0.4 is 9.46 Å². The molecule has 3 rings (SSSR count). The van der Waals surface area contributed by atoms with Crippen LogP contribution in [0.15, 0.2) is 78.0 Å². The zero-order valence-electron chi connectivity index (χ0n) is 13.0. The van der Waals surface area contributed by atoms with Crippen LogP contribution in [-0.4, -0.2) is 20.5 Å². The van der Waals surface area contributed by atoms with Crippen molar-refractivity contribution in [3.05, 3.63) is 73.1 Å². The highest BCUT2D eigenvalue weighted by molar-refractivity contribution is 7.92. The molecule has 0 aliphatic rings. The first-order chi connectivity index (χ1) is 11.6. The summed E-state index contributed by atoms with van der Waals surface area (Å²) in [6, 6.07) is 17.3. The Morgan fingerprint density at radius 3 is 2.54 bits per heavy atom. The van der Waals surface area contributed by atoms with Gasteiger partial charge >= 0.3 is 0 Å². The van der Waals surface area contributed by atoms with Crippen molar-refractivity contribution in [1.82, 2.24) is 4.98 Å². The summed E-state index contributed by atoms with van der Waals surface area (Å²) >= 11 is 0. The molecule has 0 saturated carbocycles. The minimum absolute atomic E-state index is 0.207. The van der Waals surface area contributed by atoms with Gasteiger partial charge in [-0.1, -0.05) is 30.3 Å². The van der Waals surface area contributed by atoms with Crippen LogP contribution in [0.25, 0.3) is 11.1 Å². The van der Waals surface area contributed by atoms with E-state index in [9.17, 15) is 8.42 Å². The molecular formula is C18H16N2O3S. The second kappa shape index (κ2) is 6.72. The lowest BCUT2D eigenvalue weighted by atomic mass is 10.1. The average Bonchev–Trinajstić information content (AvgIpc) is 2.63. The molecule has 122 valence electrons. The van der Waals surface area contributed by atoms with E-state index in [0.717, 1.165) is 5.56 Å². The first kappa shape index (κ1) is 16.0. The smallest absolute Gasteiger partial charge is 0.261 e. The number of rotatable bonds is 5. The fourth-order valence-corrected chi connectivity index (χ4v) is 3.41. The molecule has 0 saturated heterocycles. The summed E-state index contributed by atoms with van der Waals surface area (Å²) < 4.78 is 33.0. The van der Waals surface area contributed by atoms with Crippen molar-refractivity contribution in [2.24, 2.45) is 0 Å². The summed E-state index contributed by atoms with van der Waals surface area (Å²) in [5, 5.41) is 0. The number of pyridine rings is 1. The Bertz CT molecular complexity index is 941. The van der Waals surface area contributed by atoms with Gasteiger partial charge in [-0.2, -0.15) is 0 Å². The second-order valence-corrected chi connectivity index (χ2v) is 6.75. The van der Waals surface area contributed by atoms with Crippen LogP contribution in [0.1, 0.15) is 0 Å². The second-order valence-electron chi connectivity index (χ2n) is 5.07. The van der Waals surface area contributed by atoms with Gasteiger partial charge in [0.25, 0.3) is 10.0 Å². The van der Waals surface area contributed by atoms with Gasteiger partial charge in [0.15, 0.2) is 0 Å². The van der Waals surface area contributed by atoms with E-state index in [1.807, 2.05) is 24.3 Å². The van der Waals surface area contributed by atoms with Crippen molar-refractivity contribution in [1.29, 1.82) is 0 Å². The Kier molecular flexibility index (Phi) is 4.48. The maximum absolute atomic E-state index is 12.6. The Balaban J connectivity index is 2.01. The van der Waals surface area contributed by atoms with Gasteiger partial charge in [-0.25, -0.2) is 8.42 Å². The first-order valence-electron chi connectivity index (χ1n) is 7.26. The van der Waals surface area contributed by atoms with E-state index in [1.54, 1.807) is 55.9 Å². The van der Waals surface area contributed by atoms with Crippen molar-refractivity contribution in [3.63, 3.8) is 0 Å². The molecule has 1 N–H and O–H groups in total. The van der Waals surface area contributed by atoms with E-state index in [4.69, 9.17) is 4.74 Å². The molecule has 0 atom stereocenters. The highest BCUT2D eigenvalue weighted by Gasteiger charge is 2.16. The van der Waals surface area contributed by atoms with Gasteiger partial charge < -0.3 is 4.74 Å². The van der Waals surface area contributed by atoms with Crippen LogP contribution >= 0.6 is 0 Å². The predicted octanol–water partition coefficient (Wildman–Crippen LogP) is 3.56. The average molecular weight is 340 g/mol. The van der Waals surface area contributed by atoms with Gasteiger partial charge in [-0.3, -0.25) is 9.71 Å². The summed E-state index contributed by atoms with van der Waals surface area (Å²) in [4.78, 5) is 4.31. The van der Waals surface area contributed by atoms with Gasteiger partial charge in [-0.15, -0.1) is 0 Å². The van der Waals surface area contributed by atoms with Crippen LogP contribution in [0.4, 0.5) is 5.69 Å². The normalized spacial score (nSPS) is 11.0. The maximum Gasteiger partial charge on any atom is 0.261 e. The molecule has 0 fully saturated rings. The Labute approximate surface area is 141 Å². The van der Waals surface area contributed by atoms with E-state index in [2.05, 4.69) is 9.71 Å². The standard InChI is InChI=1S/C18H16N2O3S/c1-23-15-7-5-6-14(12-15)17-13-19-11-10-18(17)20-24(21,22)16-8-3-2-4-9-16/h2-13H,1H3,(H,19,20). The summed E-state index contributed by atoms with van der Waals surface area (Å²) in [6.07, 6.45) is 3.17. The SMILES string of the molecule is COc1cccc(-c2cnccc2NS(=O)(=O)c2ccccc2)c1. The Hall–Kier alpha value is -2.86. The fraction of sp³-hybridized carbons (Fsp3) is 0.0556. The van der Waals surface area contributed by atoms with Crippen LogP contribution in [0.3, 0.4) is 0 Å². The number of aromatic nitrogens is 1. The largest absolute Gasteiger partial charge is 0.497 e. The molecule has 3 aromatic rings. The lowest BCUT2D eigenvalue weighted by Crippen LogP contribution is -2.13. The van der Waals surface area contributed by atoms with Crippen molar-refractivity contribution < 1.29 is 13.2 Å². The van der Waals surface area contributed by atoms with Gasteiger partial charge in [0.05, 0.1) is 17.7 Å². The number of hydrogen-bond acceptors (Lipinski definition) is 4. The molecule has 24 heavy (non-hydrogen) atoms. The van der Waals surface area contributed by atoms with E-state index < -0.39 is 10.0 Å². The molecule has 0 spiro atoms. The zero-order chi connectivity index (χ0) is 17.0. The van der Waals surface area contributed by atoms with Crippen LogP contribution in [0.2, 0.25) is 0 Å². The third kappa shape index (κ3) is 3.38. The summed E-state index contributed by atoms with van der Waals surface area (Å²) in [5.74, 6) is 0.688. The van der Waals surface area contributed by atoms with Crippen molar-refractivity contribution in [2.75, 3.05) is 11.8 Å². The van der Waals surface area contributed by atoms with Crippen LogP contribution in [-0.2, 0) is 10.0 Å². The fourth-order valence-electron chi connectivity index (χ4n) is 2.31. The third-order valence-corrected chi connectivity index (χ3v) is 4.88. The van der Waals surface area contributed by atoms with Gasteiger partial charge in [0.1, 0.15) is 5.75 Å². The number of nitrogens with zero attached hydrogens (tertiary/aromatic N) is 1. The van der Waals surface area contributed by atoms with Crippen LogP contribution in [0.5, 0.6) is 5.75 Å². The van der Waals surface area contributed by atoms with Gasteiger partial charge in [-0.05, 0) is 35.9 Å². The Morgan fingerprint density at radius 2 is 1.79 bits per heavy atom. The van der Waals surface area contributed by atoms with Crippen molar-refractivity contribution >= 4 is 15.7 Å².